The molecule has 66 valence electrons. The molecule has 0 fully saturated rings. The number of primary amides is 1. The molecule has 0 aliphatic heterocycles. The van der Waals surface area contributed by atoms with Gasteiger partial charge in [-0.25, -0.2) is 0 Å². The first-order valence-corrected chi connectivity index (χ1v) is 4.06. The first-order valence-electron chi connectivity index (χ1n) is 3.08. The van der Waals surface area contributed by atoms with Gasteiger partial charge in [-0.2, -0.15) is 4.98 Å². The minimum absolute atomic E-state index is 0.00592. The second-order valence-electron chi connectivity index (χ2n) is 1.88. The van der Waals surface area contributed by atoms with Crippen LogP contribution in [0.3, 0.4) is 0 Å². The van der Waals surface area contributed by atoms with E-state index >= 15 is 0 Å². The lowest BCUT2D eigenvalue weighted by atomic mass is 10.6. The van der Waals surface area contributed by atoms with Gasteiger partial charge in [-0.3, -0.25) is 9.89 Å². The van der Waals surface area contributed by atoms with Crippen LogP contribution >= 0.6 is 11.8 Å². The van der Waals surface area contributed by atoms with Crippen molar-refractivity contribution in [3.8, 4) is 0 Å². The number of H-pyrrole nitrogens is 1. The van der Waals surface area contributed by atoms with Crippen LogP contribution < -0.4 is 5.73 Å². The topological polar surface area (TPSA) is 93.9 Å². The van der Waals surface area contributed by atoms with Gasteiger partial charge in [-0.05, 0) is 0 Å². The molecule has 0 radical (unpaired) electrons. The molecule has 0 aliphatic carbocycles. The summed E-state index contributed by atoms with van der Waals surface area (Å²) >= 11 is 1.30. The van der Waals surface area contributed by atoms with Crippen LogP contribution in [-0.2, 0) is 4.74 Å². The summed E-state index contributed by atoms with van der Waals surface area (Å²) in [5.74, 6) is -0.197. The van der Waals surface area contributed by atoms with Crippen molar-refractivity contribution in [2.45, 2.75) is 5.16 Å². The Morgan fingerprint density at radius 3 is 3.08 bits per heavy atom. The number of ether oxygens (including phenoxy) is 1. The number of methoxy groups -OCH3 is 1. The Morgan fingerprint density at radius 2 is 2.58 bits per heavy atom. The smallest absolute Gasteiger partial charge is 0.288 e. The molecule has 0 saturated heterocycles. The maximum atomic E-state index is 10.5. The van der Waals surface area contributed by atoms with Gasteiger partial charge in [-0.1, -0.05) is 11.8 Å². The van der Waals surface area contributed by atoms with Crippen molar-refractivity contribution in [1.29, 1.82) is 0 Å². The van der Waals surface area contributed by atoms with Crippen molar-refractivity contribution in [1.82, 2.24) is 15.2 Å². The Balaban J connectivity index is 2.58. The number of thioether (sulfide) groups is 1. The van der Waals surface area contributed by atoms with E-state index in [4.69, 9.17) is 10.5 Å². The summed E-state index contributed by atoms with van der Waals surface area (Å²) in [5, 5.41) is 6.64. The number of rotatable bonds is 4. The SMILES string of the molecule is COCSc1nc(C(N)=O)n[nH]1. The van der Waals surface area contributed by atoms with E-state index in [2.05, 4.69) is 15.2 Å². The first kappa shape index (κ1) is 9.01. The highest BCUT2D eigenvalue weighted by Gasteiger charge is 2.07. The van der Waals surface area contributed by atoms with Gasteiger partial charge in [0.1, 0.15) is 0 Å². The lowest BCUT2D eigenvalue weighted by Crippen LogP contribution is -2.12. The number of nitrogens with two attached hydrogens (primary N) is 1. The van der Waals surface area contributed by atoms with Crippen LogP contribution in [0.2, 0.25) is 0 Å². The van der Waals surface area contributed by atoms with Crippen LogP contribution in [0.4, 0.5) is 0 Å². The number of hydrogen-bond acceptors (Lipinski definition) is 5. The molecule has 0 spiro atoms. The third-order valence-corrected chi connectivity index (χ3v) is 1.81. The average molecular weight is 188 g/mol. The highest BCUT2D eigenvalue weighted by molar-refractivity contribution is 7.99. The van der Waals surface area contributed by atoms with E-state index in [0.29, 0.717) is 11.1 Å². The average Bonchev–Trinajstić information content (AvgIpc) is 2.48. The Labute approximate surface area is 72.9 Å². The van der Waals surface area contributed by atoms with E-state index in [9.17, 15) is 4.79 Å². The molecule has 1 rings (SSSR count). The molecule has 1 aromatic rings. The lowest BCUT2D eigenvalue weighted by molar-refractivity contribution is 0.0990. The maximum absolute atomic E-state index is 10.5. The van der Waals surface area contributed by atoms with E-state index < -0.39 is 5.91 Å². The number of aromatic amines is 1. The maximum Gasteiger partial charge on any atom is 0.288 e. The minimum Gasteiger partial charge on any atom is -0.374 e. The van der Waals surface area contributed by atoms with Crippen molar-refractivity contribution in [3.05, 3.63) is 5.82 Å². The molecule has 1 aromatic heterocycles. The summed E-state index contributed by atoms with van der Waals surface area (Å²) in [6.07, 6.45) is 0. The van der Waals surface area contributed by atoms with Gasteiger partial charge >= 0.3 is 0 Å². The number of nitrogens with one attached hydrogen (secondary N) is 1. The van der Waals surface area contributed by atoms with Crippen LogP contribution in [0.5, 0.6) is 0 Å². The minimum atomic E-state index is -0.643. The fraction of sp³-hybridized carbons (Fsp3) is 0.400. The van der Waals surface area contributed by atoms with Crippen LogP contribution in [-0.4, -0.2) is 34.1 Å². The van der Waals surface area contributed by atoms with Crippen LogP contribution in [0.15, 0.2) is 5.16 Å². The van der Waals surface area contributed by atoms with Gasteiger partial charge in [0, 0.05) is 7.11 Å². The van der Waals surface area contributed by atoms with Crippen molar-refractivity contribution in [2.75, 3.05) is 13.0 Å². The van der Waals surface area contributed by atoms with Crippen LogP contribution in [0.1, 0.15) is 10.6 Å². The Hall–Kier alpha value is -1.08. The fourth-order valence-corrected chi connectivity index (χ4v) is 1.03. The molecular weight excluding hydrogens is 180 g/mol. The molecule has 0 atom stereocenters. The lowest BCUT2D eigenvalue weighted by Gasteiger charge is -1.91. The predicted octanol–water partition coefficient (Wildman–Crippen LogP) is -0.400. The number of carbonyl (C=O) groups excluding carboxylic acids is 1. The zero-order valence-corrected chi connectivity index (χ0v) is 7.22. The second kappa shape index (κ2) is 4.07. The molecule has 0 unspecified atom stereocenters. The van der Waals surface area contributed by atoms with Gasteiger partial charge in [0.05, 0.1) is 5.94 Å². The Morgan fingerprint density at radius 1 is 1.83 bits per heavy atom. The largest absolute Gasteiger partial charge is 0.374 e. The van der Waals surface area contributed by atoms with E-state index in [1.54, 1.807) is 7.11 Å². The zero-order chi connectivity index (χ0) is 8.97. The molecular formula is C5H8N4O2S. The highest BCUT2D eigenvalue weighted by atomic mass is 32.2. The molecule has 3 N–H and O–H groups in total. The Bertz CT molecular complexity index is 274. The van der Waals surface area contributed by atoms with E-state index in [1.807, 2.05) is 0 Å². The summed E-state index contributed by atoms with van der Waals surface area (Å²) in [6.45, 7) is 0. The van der Waals surface area contributed by atoms with Crippen LogP contribution in [0.25, 0.3) is 0 Å². The Kier molecular flexibility index (Phi) is 3.06. The van der Waals surface area contributed by atoms with E-state index in [1.165, 1.54) is 11.8 Å². The molecule has 0 saturated carbocycles. The van der Waals surface area contributed by atoms with Gasteiger partial charge in [-0.15, -0.1) is 5.10 Å². The fourth-order valence-electron chi connectivity index (χ4n) is 0.536. The van der Waals surface area contributed by atoms with Crippen molar-refractivity contribution in [2.24, 2.45) is 5.73 Å². The standard InChI is InChI=1S/C5H8N4O2S/c1-11-2-12-5-7-4(3(6)10)8-9-5/h2H2,1H3,(H2,6,10)(H,7,8,9). The highest BCUT2D eigenvalue weighted by Crippen LogP contribution is 2.10. The van der Waals surface area contributed by atoms with Gasteiger partial charge in [0.25, 0.3) is 5.91 Å². The predicted molar refractivity (Wildman–Crippen MR) is 42.6 cm³/mol. The number of aromatic nitrogens is 3. The summed E-state index contributed by atoms with van der Waals surface area (Å²) in [5.41, 5.74) is 4.93. The third-order valence-electron chi connectivity index (χ3n) is 0.999. The van der Waals surface area contributed by atoms with Crippen LogP contribution in [0, 0.1) is 0 Å². The monoisotopic (exact) mass is 188 g/mol. The summed E-state index contributed by atoms with van der Waals surface area (Å²) in [7, 11) is 1.57. The molecule has 0 aliphatic rings. The zero-order valence-electron chi connectivity index (χ0n) is 6.40. The van der Waals surface area contributed by atoms with E-state index in [-0.39, 0.29) is 5.82 Å². The molecule has 12 heavy (non-hydrogen) atoms. The number of amides is 1. The molecule has 1 heterocycles. The molecule has 0 aromatic carbocycles. The number of hydrogen-bond donors (Lipinski definition) is 2. The molecule has 0 bridgehead atoms. The second-order valence-corrected chi connectivity index (χ2v) is 2.79. The van der Waals surface area contributed by atoms with Crippen molar-refractivity contribution >= 4 is 17.7 Å². The van der Waals surface area contributed by atoms with E-state index in [0.717, 1.165) is 0 Å². The quantitative estimate of drug-likeness (QED) is 0.495. The molecule has 1 amide bonds. The third kappa shape index (κ3) is 2.21. The first-order chi connectivity index (χ1) is 5.74. The van der Waals surface area contributed by atoms with Gasteiger partial charge in [0.15, 0.2) is 5.16 Å². The number of carbonyl (C=O) groups is 1. The molecule has 7 heteroatoms. The summed E-state index contributed by atoms with van der Waals surface area (Å²) < 4.78 is 4.77. The van der Waals surface area contributed by atoms with Crippen molar-refractivity contribution < 1.29 is 9.53 Å². The molecule has 6 nitrogen and oxygen atoms in total. The normalized spacial score (nSPS) is 10.1. The van der Waals surface area contributed by atoms with Gasteiger partial charge in [0.2, 0.25) is 5.82 Å². The number of nitrogens with zero attached hydrogens (tertiary/aromatic N) is 2. The van der Waals surface area contributed by atoms with Crippen molar-refractivity contribution in [3.63, 3.8) is 0 Å². The van der Waals surface area contributed by atoms with Gasteiger partial charge < -0.3 is 10.5 Å². The summed E-state index contributed by atoms with van der Waals surface area (Å²) in [4.78, 5) is 14.3. The summed E-state index contributed by atoms with van der Waals surface area (Å²) in [6, 6.07) is 0.